The van der Waals surface area contributed by atoms with E-state index in [2.05, 4.69) is 4.98 Å². The van der Waals surface area contributed by atoms with Gasteiger partial charge in [0, 0.05) is 0 Å². The molecule has 0 aliphatic carbocycles. The Morgan fingerprint density at radius 2 is 1.86 bits per heavy atom. The summed E-state index contributed by atoms with van der Waals surface area (Å²) in [5, 5.41) is 10.6. The zero-order valence-corrected chi connectivity index (χ0v) is 16.9. The Labute approximate surface area is 167 Å². The van der Waals surface area contributed by atoms with E-state index in [1.54, 1.807) is 22.8 Å². The van der Waals surface area contributed by atoms with Crippen molar-refractivity contribution in [1.29, 1.82) is 0 Å². The zero-order chi connectivity index (χ0) is 19.9. The SMILES string of the molecule is Cc1ccc(Cn2c(S[C@@H]3CS(=O)(=O)C[C@H]3O)nc3ccccc3c2=O)cc1. The molecule has 3 aromatic rings. The Hall–Kier alpha value is -2.16. The van der Waals surface area contributed by atoms with Crippen LogP contribution in [-0.2, 0) is 16.4 Å². The average Bonchev–Trinajstić information content (AvgIpc) is 2.91. The maximum absolute atomic E-state index is 13.1. The quantitative estimate of drug-likeness (QED) is 0.655. The maximum Gasteiger partial charge on any atom is 0.262 e. The van der Waals surface area contributed by atoms with Crippen molar-refractivity contribution in [1.82, 2.24) is 9.55 Å². The van der Waals surface area contributed by atoms with Gasteiger partial charge in [-0.3, -0.25) is 9.36 Å². The van der Waals surface area contributed by atoms with Gasteiger partial charge in [0.25, 0.3) is 5.56 Å². The van der Waals surface area contributed by atoms with Crippen LogP contribution in [0.3, 0.4) is 0 Å². The summed E-state index contributed by atoms with van der Waals surface area (Å²) in [5.41, 5.74) is 2.46. The molecule has 0 spiro atoms. The van der Waals surface area contributed by atoms with E-state index in [-0.39, 0.29) is 17.1 Å². The fourth-order valence-electron chi connectivity index (χ4n) is 3.30. The predicted molar refractivity (Wildman–Crippen MR) is 111 cm³/mol. The lowest BCUT2D eigenvalue weighted by molar-refractivity contribution is 0.207. The lowest BCUT2D eigenvalue weighted by atomic mass is 10.1. The van der Waals surface area contributed by atoms with Crippen LogP contribution in [0.1, 0.15) is 11.1 Å². The van der Waals surface area contributed by atoms with E-state index in [9.17, 15) is 18.3 Å². The van der Waals surface area contributed by atoms with Crippen LogP contribution >= 0.6 is 11.8 Å². The van der Waals surface area contributed by atoms with Gasteiger partial charge >= 0.3 is 0 Å². The molecule has 0 saturated carbocycles. The van der Waals surface area contributed by atoms with E-state index in [0.29, 0.717) is 22.6 Å². The van der Waals surface area contributed by atoms with E-state index in [4.69, 9.17) is 0 Å². The van der Waals surface area contributed by atoms with Crippen LogP contribution < -0.4 is 5.56 Å². The third-order valence-electron chi connectivity index (χ3n) is 4.82. The number of rotatable bonds is 4. The second-order valence-corrected chi connectivity index (χ2v) is 10.4. The topological polar surface area (TPSA) is 89.3 Å². The Morgan fingerprint density at radius 3 is 2.54 bits per heavy atom. The first kappa shape index (κ1) is 19.2. The van der Waals surface area contributed by atoms with Crippen molar-refractivity contribution < 1.29 is 13.5 Å². The van der Waals surface area contributed by atoms with Crippen LogP contribution in [0.5, 0.6) is 0 Å². The molecule has 2 heterocycles. The van der Waals surface area contributed by atoms with E-state index in [1.165, 1.54) is 0 Å². The van der Waals surface area contributed by atoms with Gasteiger partial charge in [-0.15, -0.1) is 0 Å². The number of aromatic nitrogens is 2. The number of aliphatic hydroxyl groups is 1. The average molecular weight is 417 g/mol. The number of hydrogen-bond acceptors (Lipinski definition) is 6. The van der Waals surface area contributed by atoms with Gasteiger partial charge in [-0.25, -0.2) is 13.4 Å². The molecule has 1 fully saturated rings. The van der Waals surface area contributed by atoms with Crippen molar-refractivity contribution in [3.05, 3.63) is 70.0 Å². The number of sulfone groups is 1. The van der Waals surface area contributed by atoms with Gasteiger partial charge in [0.2, 0.25) is 0 Å². The molecule has 8 heteroatoms. The summed E-state index contributed by atoms with van der Waals surface area (Å²) in [4.78, 5) is 17.7. The number of hydrogen-bond donors (Lipinski definition) is 1. The highest BCUT2D eigenvalue weighted by molar-refractivity contribution is 8.01. The molecule has 1 aliphatic rings. The molecule has 0 bridgehead atoms. The van der Waals surface area contributed by atoms with Gasteiger partial charge in [0.05, 0.1) is 40.3 Å². The predicted octanol–water partition coefficient (Wildman–Crippen LogP) is 2.00. The molecule has 28 heavy (non-hydrogen) atoms. The zero-order valence-electron chi connectivity index (χ0n) is 15.3. The summed E-state index contributed by atoms with van der Waals surface area (Å²) >= 11 is 1.16. The summed E-state index contributed by atoms with van der Waals surface area (Å²) in [7, 11) is -3.28. The molecule has 1 N–H and O–H groups in total. The minimum absolute atomic E-state index is 0.119. The van der Waals surface area contributed by atoms with Crippen molar-refractivity contribution in [2.24, 2.45) is 0 Å². The molecule has 1 saturated heterocycles. The molecule has 0 amide bonds. The summed E-state index contributed by atoms with van der Waals surface area (Å²) < 4.78 is 25.3. The van der Waals surface area contributed by atoms with E-state index in [0.717, 1.165) is 22.9 Å². The maximum atomic E-state index is 13.1. The standard InChI is InChI=1S/C20H20N2O4S2/c1-13-6-8-14(9-7-13)10-22-19(24)15-4-2-3-5-16(15)21-20(22)27-18-12-28(25,26)11-17(18)23/h2-9,17-18,23H,10-12H2,1H3/t17-,18-/m1/s1. The van der Waals surface area contributed by atoms with Crippen LogP contribution in [0.15, 0.2) is 58.5 Å². The third kappa shape index (κ3) is 3.85. The molecule has 146 valence electrons. The number of fused-ring (bicyclic) bond motifs is 1. The van der Waals surface area contributed by atoms with Crippen molar-refractivity contribution in [3.63, 3.8) is 0 Å². The minimum atomic E-state index is -3.28. The van der Waals surface area contributed by atoms with Gasteiger partial charge in [0.1, 0.15) is 0 Å². The summed E-state index contributed by atoms with van der Waals surface area (Å²) in [6, 6.07) is 15.0. The Bertz CT molecular complexity index is 1190. The monoisotopic (exact) mass is 416 g/mol. The number of aryl methyl sites for hydroxylation is 1. The van der Waals surface area contributed by atoms with Crippen molar-refractivity contribution in [2.45, 2.75) is 30.0 Å². The van der Waals surface area contributed by atoms with Crippen LogP contribution in [0.4, 0.5) is 0 Å². The lowest BCUT2D eigenvalue weighted by Crippen LogP contribution is -2.27. The Morgan fingerprint density at radius 1 is 1.14 bits per heavy atom. The molecule has 1 aliphatic heterocycles. The molecule has 2 aromatic carbocycles. The molecule has 2 atom stereocenters. The number of aliphatic hydroxyl groups excluding tert-OH is 1. The highest BCUT2D eigenvalue weighted by Gasteiger charge is 2.38. The Kier molecular flexibility index (Phi) is 5.03. The highest BCUT2D eigenvalue weighted by atomic mass is 32.2. The fraction of sp³-hybridized carbons (Fsp3) is 0.300. The number of para-hydroxylation sites is 1. The van der Waals surface area contributed by atoms with E-state index in [1.807, 2.05) is 37.3 Å². The van der Waals surface area contributed by atoms with Crippen LogP contribution in [0, 0.1) is 6.92 Å². The summed E-state index contributed by atoms with van der Waals surface area (Å²) in [6.07, 6.45) is -0.966. The van der Waals surface area contributed by atoms with Crippen molar-refractivity contribution in [2.75, 3.05) is 11.5 Å². The van der Waals surface area contributed by atoms with Gasteiger partial charge in [-0.2, -0.15) is 0 Å². The molecular formula is C20H20N2O4S2. The van der Waals surface area contributed by atoms with Crippen molar-refractivity contribution in [3.8, 4) is 0 Å². The van der Waals surface area contributed by atoms with E-state index < -0.39 is 21.2 Å². The van der Waals surface area contributed by atoms with E-state index >= 15 is 0 Å². The molecule has 0 radical (unpaired) electrons. The highest BCUT2D eigenvalue weighted by Crippen LogP contribution is 2.30. The first-order valence-corrected chi connectivity index (χ1v) is 11.6. The number of benzene rings is 2. The third-order valence-corrected chi connectivity index (χ3v) is 8.05. The van der Waals surface area contributed by atoms with Gasteiger partial charge in [-0.05, 0) is 24.6 Å². The minimum Gasteiger partial charge on any atom is -0.391 e. The first-order valence-electron chi connectivity index (χ1n) is 8.93. The molecule has 4 rings (SSSR count). The van der Waals surface area contributed by atoms with Crippen LogP contribution in [0.25, 0.3) is 10.9 Å². The molecule has 0 unspecified atom stereocenters. The van der Waals surface area contributed by atoms with Crippen molar-refractivity contribution >= 4 is 32.5 Å². The fourth-order valence-corrected chi connectivity index (χ4v) is 6.88. The van der Waals surface area contributed by atoms with Crippen LogP contribution in [0.2, 0.25) is 0 Å². The Balaban J connectivity index is 1.79. The van der Waals surface area contributed by atoms with Gasteiger partial charge in [0.15, 0.2) is 15.0 Å². The second kappa shape index (κ2) is 7.35. The first-order chi connectivity index (χ1) is 13.3. The normalized spacial score (nSPS) is 21.2. The lowest BCUT2D eigenvalue weighted by Gasteiger charge is -2.17. The second-order valence-electron chi connectivity index (χ2n) is 7.09. The van der Waals surface area contributed by atoms with Crippen LogP contribution in [-0.4, -0.2) is 45.9 Å². The molecule has 1 aromatic heterocycles. The summed E-state index contributed by atoms with van der Waals surface area (Å²) in [5.74, 6) is -0.369. The smallest absolute Gasteiger partial charge is 0.262 e. The number of thioether (sulfide) groups is 1. The van der Waals surface area contributed by atoms with Gasteiger partial charge < -0.3 is 5.11 Å². The largest absolute Gasteiger partial charge is 0.391 e. The van der Waals surface area contributed by atoms with Gasteiger partial charge in [-0.1, -0.05) is 53.7 Å². The summed E-state index contributed by atoms with van der Waals surface area (Å²) in [6.45, 7) is 2.32. The molecule has 6 nitrogen and oxygen atoms in total. The number of nitrogens with zero attached hydrogens (tertiary/aromatic N) is 2. The molecular weight excluding hydrogens is 396 g/mol.